The molecule has 0 saturated heterocycles. The third-order valence-corrected chi connectivity index (χ3v) is 3.15. The summed E-state index contributed by atoms with van der Waals surface area (Å²) in [5.74, 6) is -0.347. The second kappa shape index (κ2) is 5.50. The Morgan fingerprint density at radius 2 is 2.25 bits per heavy atom. The SMILES string of the molecule is CCCSc1ccc([N+](=O)[O-])cc1C(=O)O. The molecule has 86 valence electrons. The predicted molar refractivity (Wildman–Crippen MR) is 61.1 cm³/mol. The number of carbonyl (C=O) groups is 1. The van der Waals surface area contributed by atoms with E-state index >= 15 is 0 Å². The Bertz CT molecular complexity index is 419. The molecule has 0 aromatic heterocycles. The van der Waals surface area contributed by atoms with E-state index in [9.17, 15) is 14.9 Å². The molecule has 0 aliphatic heterocycles. The van der Waals surface area contributed by atoms with Gasteiger partial charge in [0, 0.05) is 17.0 Å². The Morgan fingerprint density at radius 1 is 1.56 bits per heavy atom. The van der Waals surface area contributed by atoms with E-state index in [0.29, 0.717) is 4.90 Å². The highest BCUT2D eigenvalue weighted by atomic mass is 32.2. The number of nitro benzene ring substituents is 1. The minimum Gasteiger partial charge on any atom is -0.478 e. The van der Waals surface area contributed by atoms with Gasteiger partial charge in [-0.25, -0.2) is 4.79 Å². The summed E-state index contributed by atoms with van der Waals surface area (Å²) >= 11 is 1.39. The lowest BCUT2D eigenvalue weighted by atomic mass is 10.2. The number of carboxylic acid groups (broad SMARTS) is 1. The van der Waals surface area contributed by atoms with Crippen LogP contribution in [0.5, 0.6) is 0 Å². The Balaban J connectivity index is 3.09. The first kappa shape index (κ1) is 12.5. The normalized spacial score (nSPS) is 10.1. The lowest BCUT2D eigenvalue weighted by Crippen LogP contribution is -2.00. The van der Waals surface area contributed by atoms with Gasteiger partial charge in [0.05, 0.1) is 10.5 Å². The highest BCUT2D eigenvalue weighted by Crippen LogP contribution is 2.27. The molecule has 0 amide bonds. The molecular formula is C10H11NO4S. The number of nitro groups is 1. The quantitative estimate of drug-likeness (QED) is 0.487. The maximum Gasteiger partial charge on any atom is 0.337 e. The lowest BCUT2D eigenvalue weighted by Gasteiger charge is -2.04. The van der Waals surface area contributed by atoms with Crippen molar-refractivity contribution in [1.29, 1.82) is 0 Å². The smallest absolute Gasteiger partial charge is 0.337 e. The van der Waals surface area contributed by atoms with Gasteiger partial charge in [-0.05, 0) is 18.2 Å². The summed E-state index contributed by atoms with van der Waals surface area (Å²) in [5.41, 5.74) is -0.203. The number of carboxylic acids is 1. The molecule has 1 N–H and O–H groups in total. The van der Waals surface area contributed by atoms with Gasteiger partial charge in [-0.1, -0.05) is 6.92 Å². The number of rotatable bonds is 5. The third-order valence-electron chi connectivity index (χ3n) is 1.87. The first-order valence-electron chi connectivity index (χ1n) is 4.70. The van der Waals surface area contributed by atoms with Crippen molar-refractivity contribution < 1.29 is 14.8 Å². The van der Waals surface area contributed by atoms with Gasteiger partial charge in [-0.2, -0.15) is 0 Å². The maximum absolute atomic E-state index is 10.9. The van der Waals surface area contributed by atoms with Crippen LogP contribution in [0.25, 0.3) is 0 Å². The molecule has 1 aromatic rings. The van der Waals surface area contributed by atoms with E-state index in [1.807, 2.05) is 6.92 Å². The Labute approximate surface area is 96.6 Å². The number of hydrogen-bond donors (Lipinski definition) is 1. The second-order valence-corrected chi connectivity index (χ2v) is 4.23. The molecule has 0 heterocycles. The highest BCUT2D eigenvalue weighted by molar-refractivity contribution is 7.99. The molecule has 0 fully saturated rings. The molecule has 6 heteroatoms. The average Bonchev–Trinajstić information content (AvgIpc) is 2.25. The van der Waals surface area contributed by atoms with Crippen molar-refractivity contribution >= 4 is 23.4 Å². The minimum atomic E-state index is -1.14. The topological polar surface area (TPSA) is 80.4 Å². The lowest BCUT2D eigenvalue weighted by molar-refractivity contribution is -0.384. The van der Waals surface area contributed by atoms with Crippen LogP contribution in [0.1, 0.15) is 23.7 Å². The van der Waals surface area contributed by atoms with Crippen molar-refractivity contribution in [2.24, 2.45) is 0 Å². The highest BCUT2D eigenvalue weighted by Gasteiger charge is 2.15. The number of thioether (sulfide) groups is 1. The van der Waals surface area contributed by atoms with E-state index in [-0.39, 0.29) is 11.3 Å². The fourth-order valence-electron chi connectivity index (χ4n) is 1.14. The summed E-state index contributed by atoms with van der Waals surface area (Å²) in [7, 11) is 0. The molecular weight excluding hydrogens is 230 g/mol. The molecule has 16 heavy (non-hydrogen) atoms. The monoisotopic (exact) mass is 241 g/mol. The number of benzene rings is 1. The van der Waals surface area contributed by atoms with E-state index in [1.54, 1.807) is 0 Å². The molecule has 0 radical (unpaired) electrons. The largest absolute Gasteiger partial charge is 0.478 e. The fraction of sp³-hybridized carbons (Fsp3) is 0.300. The zero-order valence-electron chi connectivity index (χ0n) is 8.67. The van der Waals surface area contributed by atoms with Crippen molar-refractivity contribution in [1.82, 2.24) is 0 Å². The van der Waals surface area contributed by atoms with Gasteiger partial charge in [0.15, 0.2) is 0 Å². The maximum atomic E-state index is 10.9. The van der Waals surface area contributed by atoms with Gasteiger partial charge in [-0.3, -0.25) is 10.1 Å². The van der Waals surface area contributed by atoms with Gasteiger partial charge < -0.3 is 5.11 Å². The van der Waals surface area contributed by atoms with Crippen molar-refractivity contribution in [2.75, 3.05) is 5.75 Å². The van der Waals surface area contributed by atoms with Crippen molar-refractivity contribution in [2.45, 2.75) is 18.2 Å². The van der Waals surface area contributed by atoms with Crippen LogP contribution >= 0.6 is 11.8 Å². The fourth-order valence-corrected chi connectivity index (χ4v) is 2.03. The van der Waals surface area contributed by atoms with Gasteiger partial charge >= 0.3 is 5.97 Å². The Kier molecular flexibility index (Phi) is 4.30. The standard InChI is InChI=1S/C10H11NO4S/c1-2-5-16-9-4-3-7(11(14)15)6-8(9)10(12)13/h3-4,6H,2,5H2,1H3,(H,12,13). The van der Waals surface area contributed by atoms with E-state index in [4.69, 9.17) is 5.11 Å². The summed E-state index contributed by atoms with van der Waals surface area (Å²) in [4.78, 5) is 21.4. The van der Waals surface area contributed by atoms with Crippen molar-refractivity contribution in [3.8, 4) is 0 Å². The number of nitrogens with zero attached hydrogens (tertiary/aromatic N) is 1. The Hall–Kier alpha value is -1.56. The predicted octanol–water partition coefficient (Wildman–Crippen LogP) is 2.80. The van der Waals surface area contributed by atoms with Gasteiger partial charge in [0.25, 0.3) is 5.69 Å². The van der Waals surface area contributed by atoms with Crippen molar-refractivity contribution in [3.05, 3.63) is 33.9 Å². The van der Waals surface area contributed by atoms with E-state index in [0.717, 1.165) is 18.2 Å². The average molecular weight is 241 g/mol. The van der Waals surface area contributed by atoms with Gasteiger partial charge in [-0.15, -0.1) is 11.8 Å². The van der Waals surface area contributed by atoms with E-state index < -0.39 is 10.9 Å². The van der Waals surface area contributed by atoms with Crippen LogP contribution < -0.4 is 0 Å². The first-order valence-corrected chi connectivity index (χ1v) is 5.69. The summed E-state index contributed by atoms with van der Waals surface area (Å²) in [6.07, 6.45) is 0.917. The molecule has 1 rings (SSSR count). The first-order chi connectivity index (χ1) is 7.56. The summed E-state index contributed by atoms with van der Waals surface area (Å²) < 4.78 is 0. The van der Waals surface area contributed by atoms with Gasteiger partial charge in [0.2, 0.25) is 0 Å². The van der Waals surface area contributed by atoms with Crippen LogP contribution in [0.15, 0.2) is 23.1 Å². The summed E-state index contributed by atoms with van der Waals surface area (Å²) in [6, 6.07) is 3.91. The molecule has 0 unspecified atom stereocenters. The summed E-state index contributed by atoms with van der Waals surface area (Å²) in [5, 5.41) is 19.4. The molecule has 0 aliphatic carbocycles. The molecule has 5 nitrogen and oxygen atoms in total. The summed E-state index contributed by atoms with van der Waals surface area (Å²) in [6.45, 7) is 1.98. The molecule has 0 aliphatic rings. The molecule has 0 atom stereocenters. The molecule has 0 bridgehead atoms. The third kappa shape index (κ3) is 2.96. The molecule has 0 saturated carbocycles. The van der Waals surface area contributed by atoms with Crippen molar-refractivity contribution in [3.63, 3.8) is 0 Å². The van der Waals surface area contributed by atoms with Crippen LogP contribution in [0.2, 0.25) is 0 Å². The van der Waals surface area contributed by atoms with Crippen LogP contribution in [0.4, 0.5) is 5.69 Å². The van der Waals surface area contributed by atoms with Crippen LogP contribution in [-0.2, 0) is 0 Å². The van der Waals surface area contributed by atoms with Crippen LogP contribution in [0.3, 0.4) is 0 Å². The van der Waals surface area contributed by atoms with Crippen LogP contribution in [-0.4, -0.2) is 21.8 Å². The second-order valence-electron chi connectivity index (χ2n) is 3.09. The zero-order chi connectivity index (χ0) is 12.1. The number of non-ortho nitro benzene ring substituents is 1. The molecule has 0 spiro atoms. The zero-order valence-corrected chi connectivity index (χ0v) is 9.49. The molecule has 1 aromatic carbocycles. The number of hydrogen-bond acceptors (Lipinski definition) is 4. The van der Waals surface area contributed by atoms with E-state index in [2.05, 4.69) is 0 Å². The minimum absolute atomic E-state index is 0.00681. The number of aromatic carboxylic acids is 1. The Morgan fingerprint density at radius 3 is 2.75 bits per heavy atom. The van der Waals surface area contributed by atoms with E-state index in [1.165, 1.54) is 23.9 Å². The van der Waals surface area contributed by atoms with Gasteiger partial charge in [0.1, 0.15) is 0 Å². The van der Waals surface area contributed by atoms with Crippen LogP contribution in [0, 0.1) is 10.1 Å².